The Balaban J connectivity index is 1.59. The molecule has 5 rings (SSSR count). The SMILES string of the molecule is N#Cc1ccc(-c2ccc(F)c(CN3C[C@]4(N)CCC3C4)c2C2CNCO2)cc1F. The molecule has 7 heteroatoms. The fourth-order valence-corrected chi connectivity index (χ4v) is 5.29. The van der Waals surface area contributed by atoms with Crippen LogP contribution >= 0.6 is 0 Å². The zero-order valence-electron chi connectivity index (χ0n) is 16.6. The zero-order chi connectivity index (χ0) is 20.9. The number of nitriles is 1. The van der Waals surface area contributed by atoms with E-state index < -0.39 is 5.82 Å². The molecule has 5 nitrogen and oxygen atoms in total. The van der Waals surface area contributed by atoms with Crippen molar-refractivity contribution >= 4 is 0 Å². The standard InChI is InChI=1S/C23H24F2N4O/c24-19-4-3-17(14-1-2-15(9-26)20(25)7-14)22(21-10-28-13-30-21)18(19)11-29-12-23(27)6-5-16(29)8-23/h1-4,7,16,21,28H,5-6,8,10-13,27H2/t16?,21?,23-/m0/s1. The molecular weight excluding hydrogens is 386 g/mol. The van der Waals surface area contributed by atoms with E-state index in [1.165, 1.54) is 18.2 Å². The van der Waals surface area contributed by atoms with Crippen LogP contribution in [0, 0.1) is 23.0 Å². The van der Waals surface area contributed by atoms with E-state index in [2.05, 4.69) is 10.2 Å². The Morgan fingerprint density at radius 3 is 2.77 bits per heavy atom. The molecule has 2 saturated heterocycles. The third-order valence-electron chi connectivity index (χ3n) is 6.75. The molecule has 2 heterocycles. The Bertz CT molecular complexity index is 1030. The molecular formula is C23H24F2N4O. The lowest BCUT2D eigenvalue weighted by Gasteiger charge is -2.31. The van der Waals surface area contributed by atoms with Crippen molar-refractivity contribution < 1.29 is 13.5 Å². The van der Waals surface area contributed by atoms with Gasteiger partial charge in [0.25, 0.3) is 0 Å². The highest BCUT2D eigenvalue weighted by Crippen LogP contribution is 2.42. The van der Waals surface area contributed by atoms with Gasteiger partial charge in [-0.3, -0.25) is 10.2 Å². The summed E-state index contributed by atoms with van der Waals surface area (Å²) >= 11 is 0. The van der Waals surface area contributed by atoms with E-state index in [1.807, 2.05) is 6.07 Å². The summed E-state index contributed by atoms with van der Waals surface area (Å²) in [5.74, 6) is -0.869. The predicted molar refractivity (Wildman–Crippen MR) is 108 cm³/mol. The second kappa shape index (κ2) is 7.40. The number of likely N-dealkylation sites (tertiary alicyclic amines) is 1. The Labute approximate surface area is 174 Å². The maximum atomic E-state index is 15.1. The molecule has 0 spiro atoms. The lowest BCUT2D eigenvalue weighted by molar-refractivity contribution is 0.112. The molecule has 0 radical (unpaired) electrons. The summed E-state index contributed by atoms with van der Waals surface area (Å²) in [5, 5.41) is 12.2. The van der Waals surface area contributed by atoms with Crippen molar-refractivity contribution in [1.82, 2.24) is 10.2 Å². The number of hydrogen-bond donors (Lipinski definition) is 2. The van der Waals surface area contributed by atoms with Crippen molar-refractivity contribution in [3.8, 4) is 17.2 Å². The second-order valence-corrected chi connectivity index (χ2v) is 8.71. The number of piperidine rings is 1. The van der Waals surface area contributed by atoms with Crippen molar-refractivity contribution in [2.45, 2.75) is 43.5 Å². The topological polar surface area (TPSA) is 74.3 Å². The Morgan fingerprint density at radius 2 is 2.13 bits per heavy atom. The van der Waals surface area contributed by atoms with Crippen LogP contribution in [0.5, 0.6) is 0 Å². The largest absolute Gasteiger partial charge is 0.357 e. The molecule has 1 saturated carbocycles. The molecule has 1 aliphatic carbocycles. The smallest absolute Gasteiger partial charge is 0.141 e. The summed E-state index contributed by atoms with van der Waals surface area (Å²) in [6.07, 6.45) is 2.68. The number of nitrogens with two attached hydrogens (primary N) is 1. The van der Waals surface area contributed by atoms with E-state index in [-0.39, 0.29) is 23.0 Å². The van der Waals surface area contributed by atoms with Crippen LogP contribution in [0.15, 0.2) is 30.3 Å². The lowest BCUT2D eigenvalue weighted by atomic mass is 9.90. The van der Waals surface area contributed by atoms with Crippen molar-refractivity contribution in [2.75, 3.05) is 19.8 Å². The van der Waals surface area contributed by atoms with E-state index in [9.17, 15) is 4.39 Å². The van der Waals surface area contributed by atoms with Crippen molar-refractivity contribution in [3.63, 3.8) is 0 Å². The number of hydrogen-bond acceptors (Lipinski definition) is 5. The normalized spacial score (nSPS) is 28.2. The van der Waals surface area contributed by atoms with Gasteiger partial charge in [0.1, 0.15) is 17.7 Å². The lowest BCUT2D eigenvalue weighted by Crippen LogP contribution is -2.44. The summed E-state index contributed by atoms with van der Waals surface area (Å²) < 4.78 is 35.3. The molecule has 2 aromatic carbocycles. The van der Waals surface area contributed by atoms with Crippen LogP contribution in [-0.2, 0) is 11.3 Å². The Morgan fingerprint density at radius 1 is 1.27 bits per heavy atom. The first-order valence-corrected chi connectivity index (χ1v) is 10.3. The summed E-state index contributed by atoms with van der Waals surface area (Å²) in [6, 6.07) is 9.85. The van der Waals surface area contributed by atoms with Gasteiger partial charge >= 0.3 is 0 Å². The fraction of sp³-hybridized carbons (Fsp3) is 0.435. The van der Waals surface area contributed by atoms with Gasteiger partial charge in [-0.1, -0.05) is 12.1 Å². The van der Waals surface area contributed by atoms with E-state index in [4.69, 9.17) is 15.7 Å². The van der Waals surface area contributed by atoms with Gasteiger partial charge in [-0.15, -0.1) is 0 Å². The third kappa shape index (κ3) is 3.30. The van der Waals surface area contributed by atoms with Gasteiger partial charge in [-0.2, -0.15) is 5.26 Å². The summed E-state index contributed by atoms with van der Waals surface area (Å²) in [4.78, 5) is 2.27. The minimum Gasteiger partial charge on any atom is -0.357 e. The maximum Gasteiger partial charge on any atom is 0.141 e. The van der Waals surface area contributed by atoms with E-state index in [1.54, 1.807) is 12.1 Å². The van der Waals surface area contributed by atoms with E-state index >= 15 is 4.39 Å². The minimum atomic E-state index is -0.584. The number of ether oxygens (including phenoxy) is 1. The Kier molecular flexibility index (Phi) is 4.83. The van der Waals surface area contributed by atoms with Crippen molar-refractivity contribution in [1.29, 1.82) is 5.26 Å². The molecule has 2 aliphatic heterocycles. The third-order valence-corrected chi connectivity index (χ3v) is 6.75. The molecule has 30 heavy (non-hydrogen) atoms. The van der Waals surface area contributed by atoms with Crippen LogP contribution in [0.2, 0.25) is 0 Å². The van der Waals surface area contributed by atoms with Crippen LogP contribution in [0.1, 0.15) is 42.1 Å². The highest BCUT2D eigenvalue weighted by atomic mass is 19.1. The highest BCUT2D eigenvalue weighted by Gasteiger charge is 2.47. The first-order valence-electron chi connectivity index (χ1n) is 10.3. The number of benzene rings is 2. The first-order chi connectivity index (χ1) is 14.5. The zero-order valence-corrected chi connectivity index (χ0v) is 16.6. The average molecular weight is 410 g/mol. The van der Waals surface area contributed by atoms with Crippen LogP contribution < -0.4 is 11.1 Å². The number of halogens is 2. The van der Waals surface area contributed by atoms with E-state index in [0.717, 1.165) is 36.9 Å². The quantitative estimate of drug-likeness (QED) is 0.810. The van der Waals surface area contributed by atoms with Gasteiger partial charge in [0.05, 0.1) is 18.4 Å². The van der Waals surface area contributed by atoms with Gasteiger partial charge in [0.15, 0.2) is 0 Å². The van der Waals surface area contributed by atoms with Gasteiger partial charge in [0.2, 0.25) is 0 Å². The minimum absolute atomic E-state index is 0.0113. The summed E-state index contributed by atoms with van der Waals surface area (Å²) in [5.41, 5.74) is 8.96. The first kappa shape index (κ1) is 19.6. The Hall–Kier alpha value is -2.37. The second-order valence-electron chi connectivity index (χ2n) is 8.71. The molecule has 2 aromatic rings. The molecule has 3 atom stereocenters. The predicted octanol–water partition coefficient (Wildman–Crippen LogP) is 3.19. The molecule has 2 unspecified atom stereocenters. The van der Waals surface area contributed by atoms with Crippen LogP contribution in [-0.4, -0.2) is 36.3 Å². The van der Waals surface area contributed by atoms with Crippen LogP contribution in [0.3, 0.4) is 0 Å². The van der Waals surface area contributed by atoms with Crippen LogP contribution in [0.4, 0.5) is 8.78 Å². The molecule has 2 bridgehead atoms. The molecule has 156 valence electrons. The monoisotopic (exact) mass is 410 g/mol. The number of fused-ring (bicyclic) bond motifs is 2. The number of nitrogens with one attached hydrogen (secondary N) is 1. The average Bonchev–Trinajstić information content (AvgIpc) is 3.45. The van der Waals surface area contributed by atoms with Gasteiger partial charge < -0.3 is 10.5 Å². The summed E-state index contributed by atoms with van der Waals surface area (Å²) in [7, 11) is 0. The molecule has 3 aliphatic rings. The van der Waals surface area contributed by atoms with Crippen molar-refractivity contribution in [3.05, 3.63) is 58.7 Å². The van der Waals surface area contributed by atoms with Crippen molar-refractivity contribution in [2.24, 2.45) is 5.73 Å². The van der Waals surface area contributed by atoms with Crippen LogP contribution in [0.25, 0.3) is 11.1 Å². The van der Waals surface area contributed by atoms with Gasteiger partial charge in [0, 0.05) is 36.8 Å². The number of rotatable bonds is 4. The highest BCUT2D eigenvalue weighted by molar-refractivity contribution is 5.70. The van der Waals surface area contributed by atoms with Gasteiger partial charge in [-0.05, 0) is 54.2 Å². The summed E-state index contributed by atoms with van der Waals surface area (Å²) in [6.45, 7) is 2.17. The van der Waals surface area contributed by atoms with Gasteiger partial charge in [-0.25, -0.2) is 8.78 Å². The maximum absolute atomic E-state index is 15.1. The molecule has 3 N–H and O–H groups in total. The molecule has 0 amide bonds. The molecule has 3 fully saturated rings. The fourth-order valence-electron chi connectivity index (χ4n) is 5.29. The van der Waals surface area contributed by atoms with E-state index in [0.29, 0.717) is 37.0 Å². The molecule has 0 aromatic heterocycles. The number of nitrogens with zero attached hydrogens (tertiary/aromatic N) is 2.